The number of hydrogen-bond acceptors (Lipinski definition) is 4. The molecule has 0 aromatic heterocycles. The standard InChI is InChI=1S/C25H34ClNO3/c1-7-9-19(27-30-8-2)23-20(28)10-16(11-21(23)29)22-14(3)17-12-25(5,6)13-18(17)15(4)24(22)26/h16,28H,7-13H2,1-6H3/b27-19+. The maximum atomic E-state index is 13.1. The molecular weight excluding hydrogens is 398 g/mol. The minimum atomic E-state index is -0.114. The fraction of sp³-hybridized carbons (Fsp3) is 0.600. The molecule has 1 N–H and O–H groups in total. The SMILES string of the molecule is CCC/C(=N\OCC)C1=C(O)CC(c2c(C)c3c(c(C)c2Cl)CC(C)(C)C3)CC1=O. The number of aliphatic hydroxyl groups excluding tert-OH is 1. The van der Waals surface area contributed by atoms with Crippen molar-refractivity contribution in [1.82, 2.24) is 0 Å². The zero-order chi connectivity index (χ0) is 22.2. The number of oxime groups is 1. The fourth-order valence-corrected chi connectivity index (χ4v) is 5.53. The van der Waals surface area contributed by atoms with Gasteiger partial charge in [0.05, 0.1) is 11.3 Å². The third-order valence-electron chi connectivity index (χ3n) is 6.48. The van der Waals surface area contributed by atoms with Crippen molar-refractivity contribution in [3.05, 3.63) is 44.2 Å². The molecule has 1 aromatic carbocycles. The Kier molecular flexibility index (Phi) is 6.66. The minimum Gasteiger partial charge on any atom is -0.511 e. The highest BCUT2D eigenvalue weighted by Gasteiger charge is 2.37. The van der Waals surface area contributed by atoms with Crippen molar-refractivity contribution in [2.24, 2.45) is 10.6 Å². The van der Waals surface area contributed by atoms with Gasteiger partial charge in [-0.3, -0.25) is 4.79 Å². The van der Waals surface area contributed by atoms with E-state index >= 15 is 0 Å². The molecule has 0 saturated heterocycles. The zero-order valence-corrected chi connectivity index (χ0v) is 19.9. The molecule has 1 aromatic rings. The second kappa shape index (κ2) is 8.74. The van der Waals surface area contributed by atoms with E-state index in [1.54, 1.807) is 0 Å². The molecule has 0 heterocycles. The lowest BCUT2D eigenvalue weighted by molar-refractivity contribution is -0.116. The van der Waals surface area contributed by atoms with E-state index in [-0.39, 0.29) is 22.9 Å². The molecule has 0 aliphatic heterocycles. The molecule has 0 fully saturated rings. The van der Waals surface area contributed by atoms with E-state index in [2.05, 4.69) is 32.9 Å². The van der Waals surface area contributed by atoms with Crippen LogP contribution < -0.4 is 0 Å². The van der Waals surface area contributed by atoms with Gasteiger partial charge in [0.25, 0.3) is 0 Å². The number of ketones is 1. The monoisotopic (exact) mass is 431 g/mol. The molecule has 0 bridgehead atoms. The van der Waals surface area contributed by atoms with Gasteiger partial charge in [0.1, 0.15) is 12.4 Å². The molecule has 0 radical (unpaired) electrons. The number of Topliss-reactive ketones (excluding diaryl/α,β-unsaturated/α-hetero) is 1. The molecule has 4 nitrogen and oxygen atoms in total. The Labute approximate surface area is 185 Å². The summed E-state index contributed by atoms with van der Waals surface area (Å²) >= 11 is 6.87. The van der Waals surface area contributed by atoms with Crippen molar-refractivity contribution in [2.45, 2.75) is 86.0 Å². The number of carbonyl (C=O) groups excluding carboxylic acids is 1. The summed E-state index contributed by atoms with van der Waals surface area (Å²) < 4.78 is 0. The van der Waals surface area contributed by atoms with E-state index in [1.165, 1.54) is 16.7 Å². The number of halogens is 1. The van der Waals surface area contributed by atoms with Crippen LogP contribution in [0.5, 0.6) is 0 Å². The first-order chi connectivity index (χ1) is 14.1. The van der Waals surface area contributed by atoms with Crippen LogP contribution in [0, 0.1) is 19.3 Å². The second-order valence-electron chi connectivity index (χ2n) is 9.51. The molecule has 2 aliphatic carbocycles. The molecule has 2 aliphatic rings. The van der Waals surface area contributed by atoms with E-state index in [0.717, 1.165) is 35.4 Å². The van der Waals surface area contributed by atoms with Crippen LogP contribution in [-0.4, -0.2) is 23.2 Å². The number of aliphatic hydroxyl groups is 1. The first-order valence-electron chi connectivity index (χ1n) is 11.1. The van der Waals surface area contributed by atoms with Gasteiger partial charge in [0, 0.05) is 17.9 Å². The van der Waals surface area contributed by atoms with Gasteiger partial charge in [-0.1, -0.05) is 43.9 Å². The summed E-state index contributed by atoms with van der Waals surface area (Å²) in [6.07, 6.45) is 4.21. The van der Waals surface area contributed by atoms with Crippen molar-refractivity contribution in [3.8, 4) is 0 Å². The second-order valence-corrected chi connectivity index (χ2v) is 9.89. The molecular formula is C25H34ClNO3. The first-order valence-corrected chi connectivity index (χ1v) is 11.4. The fourth-order valence-electron chi connectivity index (χ4n) is 5.12. The molecule has 3 rings (SSSR count). The quantitative estimate of drug-likeness (QED) is 0.411. The maximum absolute atomic E-state index is 13.1. The van der Waals surface area contributed by atoms with Gasteiger partial charge in [-0.15, -0.1) is 0 Å². The number of carbonyl (C=O) groups is 1. The van der Waals surface area contributed by atoms with E-state index in [9.17, 15) is 9.90 Å². The van der Waals surface area contributed by atoms with Gasteiger partial charge in [0.2, 0.25) is 0 Å². The predicted octanol–water partition coefficient (Wildman–Crippen LogP) is 6.53. The Morgan fingerprint density at radius 3 is 2.37 bits per heavy atom. The summed E-state index contributed by atoms with van der Waals surface area (Å²) in [6, 6.07) is 0. The highest BCUT2D eigenvalue weighted by atomic mass is 35.5. The lowest BCUT2D eigenvalue weighted by Crippen LogP contribution is -2.25. The van der Waals surface area contributed by atoms with Crippen LogP contribution in [-0.2, 0) is 22.5 Å². The molecule has 0 amide bonds. The van der Waals surface area contributed by atoms with Crippen LogP contribution in [0.4, 0.5) is 0 Å². The van der Waals surface area contributed by atoms with Gasteiger partial charge in [-0.25, -0.2) is 0 Å². The summed E-state index contributed by atoms with van der Waals surface area (Å²) in [5.41, 5.74) is 7.21. The molecule has 0 saturated carbocycles. The number of rotatable bonds is 6. The van der Waals surface area contributed by atoms with Crippen LogP contribution >= 0.6 is 11.6 Å². The number of allylic oxidation sites excluding steroid dienone is 2. The van der Waals surface area contributed by atoms with Gasteiger partial charge >= 0.3 is 0 Å². The number of benzene rings is 1. The van der Waals surface area contributed by atoms with Gasteiger partial charge in [-0.05, 0) is 79.2 Å². The predicted molar refractivity (Wildman–Crippen MR) is 123 cm³/mol. The smallest absolute Gasteiger partial charge is 0.168 e. The maximum Gasteiger partial charge on any atom is 0.168 e. The lowest BCUT2D eigenvalue weighted by atomic mass is 9.77. The minimum absolute atomic E-state index is 0.0791. The molecule has 30 heavy (non-hydrogen) atoms. The highest BCUT2D eigenvalue weighted by Crippen LogP contribution is 2.47. The van der Waals surface area contributed by atoms with E-state index in [1.807, 2.05) is 13.8 Å². The topological polar surface area (TPSA) is 58.9 Å². The van der Waals surface area contributed by atoms with Gasteiger partial charge < -0.3 is 9.94 Å². The Bertz CT molecular complexity index is 927. The van der Waals surface area contributed by atoms with Crippen molar-refractivity contribution in [2.75, 3.05) is 6.61 Å². The summed E-state index contributed by atoms with van der Waals surface area (Å²) in [5, 5.41) is 15.8. The van der Waals surface area contributed by atoms with E-state index < -0.39 is 0 Å². The lowest BCUT2D eigenvalue weighted by Gasteiger charge is -2.28. The average Bonchev–Trinajstić information content (AvgIpc) is 3.00. The van der Waals surface area contributed by atoms with Gasteiger partial charge in [-0.2, -0.15) is 0 Å². The molecule has 5 heteroatoms. The Balaban J connectivity index is 2.02. The molecule has 164 valence electrons. The summed E-state index contributed by atoms with van der Waals surface area (Å²) in [5.74, 6) is -0.0851. The van der Waals surface area contributed by atoms with Crippen molar-refractivity contribution < 1.29 is 14.7 Å². The number of fused-ring (bicyclic) bond motifs is 1. The van der Waals surface area contributed by atoms with Gasteiger partial charge in [0.15, 0.2) is 5.78 Å². The number of hydrogen-bond donors (Lipinski definition) is 1. The third-order valence-corrected chi connectivity index (χ3v) is 6.96. The molecule has 1 atom stereocenters. The Morgan fingerprint density at radius 1 is 1.17 bits per heavy atom. The number of nitrogens with zero attached hydrogens (tertiary/aromatic N) is 1. The van der Waals surface area contributed by atoms with Crippen molar-refractivity contribution in [3.63, 3.8) is 0 Å². The Hall–Kier alpha value is -1.81. The van der Waals surface area contributed by atoms with Crippen molar-refractivity contribution in [1.29, 1.82) is 0 Å². The van der Waals surface area contributed by atoms with Crippen LogP contribution in [0.15, 0.2) is 16.5 Å². The first kappa shape index (κ1) is 22.9. The largest absolute Gasteiger partial charge is 0.511 e. The molecule has 1 unspecified atom stereocenters. The molecule has 0 spiro atoms. The van der Waals surface area contributed by atoms with E-state index in [4.69, 9.17) is 16.4 Å². The normalized spacial score (nSPS) is 21.2. The van der Waals surface area contributed by atoms with Crippen LogP contribution in [0.25, 0.3) is 0 Å². The summed E-state index contributed by atoms with van der Waals surface area (Å²) in [4.78, 5) is 18.3. The highest BCUT2D eigenvalue weighted by molar-refractivity contribution is 6.32. The average molecular weight is 432 g/mol. The van der Waals surface area contributed by atoms with E-state index in [0.29, 0.717) is 37.2 Å². The van der Waals surface area contributed by atoms with Crippen LogP contribution in [0.2, 0.25) is 5.02 Å². The summed E-state index contributed by atoms with van der Waals surface area (Å²) in [6.45, 7) is 13.1. The van der Waals surface area contributed by atoms with Crippen LogP contribution in [0.3, 0.4) is 0 Å². The summed E-state index contributed by atoms with van der Waals surface area (Å²) in [7, 11) is 0. The van der Waals surface area contributed by atoms with Crippen LogP contribution in [0.1, 0.15) is 87.1 Å². The van der Waals surface area contributed by atoms with Crippen molar-refractivity contribution >= 4 is 23.1 Å². The third kappa shape index (κ3) is 4.16. The zero-order valence-electron chi connectivity index (χ0n) is 19.1. The Morgan fingerprint density at radius 2 is 1.80 bits per heavy atom.